The summed E-state index contributed by atoms with van der Waals surface area (Å²) in [6.45, 7) is 10.7. The number of hydrogen-bond acceptors (Lipinski definition) is 3. The molecule has 2 aliphatic rings. The van der Waals surface area contributed by atoms with Crippen LogP contribution < -0.4 is 10.2 Å². The van der Waals surface area contributed by atoms with Crippen molar-refractivity contribution in [3.05, 3.63) is 29.8 Å². The van der Waals surface area contributed by atoms with Crippen LogP contribution in [0, 0.1) is 12.8 Å². The zero-order valence-corrected chi connectivity index (χ0v) is 11.9. The van der Waals surface area contributed by atoms with Gasteiger partial charge in [0, 0.05) is 51.5 Å². The minimum Gasteiger partial charge on any atom is -0.371 e. The molecule has 2 fully saturated rings. The number of anilines is 1. The van der Waals surface area contributed by atoms with E-state index in [2.05, 4.69) is 46.3 Å². The third kappa shape index (κ3) is 3.28. The molecular formula is C16H25N3. The lowest BCUT2D eigenvalue weighted by Crippen LogP contribution is -2.45. The van der Waals surface area contributed by atoms with E-state index in [0.29, 0.717) is 0 Å². The monoisotopic (exact) mass is 259 g/mol. The van der Waals surface area contributed by atoms with Gasteiger partial charge in [-0.05, 0) is 31.4 Å². The van der Waals surface area contributed by atoms with Gasteiger partial charge in [-0.1, -0.05) is 17.7 Å². The molecule has 3 heteroatoms. The molecule has 2 heterocycles. The number of hydrogen-bond donors (Lipinski definition) is 1. The number of aryl methyl sites for hydroxylation is 1. The minimum absolute atomic E-state index is 0.847. The highest BCUT2D eigenvalue weighted by atomic mass is 15.2. The molecule has 3 rings (SSSR count). The zero-order chi connectivity index (χ0) is 13.1. The van der Waals surface area contributed by atoms with Crippen molar-refractivity contribution in [2.24, 2.45) is 5.92 Å². The molecule has 3 nitrogen and oxygen atoms in total. The van der Waals surface area contributed by atoms with Crippen molar-refractivity contribution >= 4 is 5.69 Å². The smallest absolute Gasteiger partial charge is 0.0366 e. The third-order valence-corrected chi connectivity index (χ3v) is 4.41. The van der Waals surface area contributed by atoms with Crippen molar-refractivity contribution in [1.82, 2.24) is 10.2 Å². The molecule has 0 radical (unpaired) electrons. The van der Waals surface area contributed by atoms with Crippen molar-refractivity contribution in [1.29, 1.82) is 0 Å². The fraction of sp³-hybridized carbons (Fsp3) is 0.625. The van der Waals surface area contributed by atoms with Gasteiger partial charge in [0.2, 0.25) is 0 Å². The second-order valence-electron chi connectivity index (χ2n) is 5.99. The second kappa shape index (κ2) is 5.93. The van der Waals surface area contributed by atoms with Gasteiger partial charge in [-0.25, -0.2) is 0 Å². The Morgan fingerprint density at radius 2 is 1.84 bits per heavy atom. The van der Waals surface area contributed by atoms with Gasteiger partial charge in [-0.15, -0.1) is 0 Å². The lowest BCUT2D eigenvalue weighted by molar-refractivity contribution is 0.212. The Morgan fingerprint density at radius 1 is 1.11 bits per heavy atom. The largest absolute Gasteiger partial charge is 0.371 e. The van der Waals surface area contributed by atoms with Crippen LogP contribution in [-0.4, -0.2) is 50.7 Å². The summed E-state index contributed by atoms with van der Waals surface area (Å²) in [6.07, 6.45) is 1.35. The average Bonchev–Trinajstić information content (AvgIpc) is 2.89. The number of nitrogens with zero attached hydrogens (tertiary/aromatic N) is 2. The first-order chi connectivity index (χ1) is 9.31. The lowest BCUT2D eigenvalue weighted by atomic mass is 10.1. The van der Waals surface area contributed by atoms with Gasteiger partial charge in [-0.2, -0.15) is 0 Å². The molecular weight excluding hydrogens is 234 g/mol. The average molecular weight is 259 g/mol. The predicted molar refractivity (Wildman–Crippen MR) is 80.8 cm³/mol. The first kappa shape index (κ1) is 12.9. The minimum atomic E-state index is 0.847. The van der Waals surface area contributed by atoms with Gasteiger partial charge in [0.15, 0.2) is 0 Å². The van der Waals surface area contributed by atoms with E-state index in [1.165, 1.54) is 50.4 Å². The Balaban J connectivity index is 1.53. The fourth-order valence-corrected chi connectivity index (χ4v) is 3.23. The standard InChI is InChI=1S/C16H25N3/c1-14-2-4-16(5-3-14)19-9-6-15(13-19)12-18-10-7-17-8-11-18/h2-5,15,17H,6-13H2,1H3. The summed E-state index contributed by atoms with van der Waals surface area (Å²) in [5, 5.41) is 3.43. The van der Waals surface area contributed by atoms with Gasteiger partial charge in [0.05, 0.1) is 0 Å². The SMILES string of the molecule is Cc1ccc(N2CCC(CN3CCNCC3)C2)cc1. The van der Waals surface area contributed by atoms with E-state index in [1.807, 2.05) is 0 Å². The zero-order valence-electron chi connectivity index (χ0n) is 11.9. The normalized spacial score (nSPS) is 24.9. The van der Waals surface area contributed by atoms with Crippen molar-refractivity contribution in [3.8, 4) is 0 Å². The Kier molecular flexibility index (Phi) is 4.04. The molecule has 1 N–H and O–H groups in total. The summed E-state index contributed by atoms with van der Waals surface area (Å²) >= 11 is 0. The van der Waals surface area contributed by atoms with Gasteiger partial charge < -0.3 is 15.1 Å². The molecule has 1 aromatic rings. The maximum Gasteiger partial charge on any atom is 0.0366 e. The summed E-state index contributed by atoms with van der Waals surface area (Å²) < 4.78 is 0. The Labute approximate surface area is 116 Å². The van der Waals surface area contributed by atoms with Crippen LogP contribution in [0.3, 0.4) is 0 Å². The fourth-order valence-electron chi connectivity index (χ4n) is 3.23. The molecule has 19 heavy (non-hydrogen) atoms. The Hall–Kier alpha value is -1.06. The number of benzene rings is 1. The highest BCUT2D eigenvalue weighted by molar-refractivity contribution is 5.48. The molecule has 0 saturated carbocycles. The van der Waals surface area contributed by atoms with Crippen LogP contribution in [0.15, 0.2) is 24.3 Å². The summed E-state index contributed by atoms with van der Waals surface area (Å²) in [6, 6.07) is 8.98. The predicted octanol–water partition coefficient (Wildman–Crippen LogP) is 1.73. The molecule has 1 atom stereocenters. The van der Waals surface area contributed by atoms with Gasteiger partial charge in [-0.3, -0.25) is 0 Å². The van der Waals surface area contributed by atoms with E-state index in [1.54, 1.807) is 0 Å². The van der Waals surface area contributed by atoms with Crippen LogP contribution in [0.5, 0.6) is 0 Å². The van der Waals surface area contributed by atoms with Crippen LogP contribution >= 0.6 is 0 Å². The molecule has 0 aromatic heterocycles. The summed E-state index contributed by atoms with van der Waals surface area (Å²) in [4.78, 5) is 5.17. The summed E-state index contributed by atoms with van der Waals surface area (Å²) in [5.74, 6) is 0.847. The molecule has 2 saturated heterocycles. The molecule has 0 aliphatic carbocycles. The molecule has 2 aliphatic heterocycles. The maximum atomic E-state index is 3.43. The quantitative estimate of drug-likeness (QED) is 0.892. The molecule has 1 aromatic carbocycles. The van der Waals surface area contributed by atoms with Crippen molar-refractivity contribution < 1.29 is 0 Å². The second-order valence-corrected chi connectivity index (χ2v) is 5.99. The topological polar surface area (TPSA) is 18.5 Å². The molecule has 104 valence electrons. The van der Waals surface area contributed by atoms with Gasteiger partial charge in [0.25, 0.3) is 0 Å². The summed E-state index contributed by atoms with van der Waals surface area (Å²) in [5.41, 5.74) is 2.74. The molecule has 0 spiro atoms. The summed E-state index contributed by atoms with van der Waals surface area (Å²) in [7, 11) is 0. The number of rotatable bonds is 3. The number of piperazine rings is 1. The lowest BCUT2D eigenvalue weighted by Gasteiger charge is -2.29. The van der Waals surface area contributed by atoms with Crippen LogP contribution in [0.1, 0.15) is 12.0 Å². The van der Waals surface area contributed by atoms with Crippen molar-refractivity contribution in [2.75, 3.05) is 50.7 Å². The molecule has 0 bridgehead atoms. The van der Waals surface area contributed by atoms with Gasteiger partial charge in [0.1, 0.15) is 0 Å². The first-order valence-corrected chi connectivity index (χ1v) is 7.56. The van der Waals surface area contributed by atoms with E-state index in [-0.39, 0.29) is 0 Å². The highest BCUT2D eigenvalue weighted by Crippen LogP contribution is 2.24. The maximum absolute atomic E-state index is 3.43. The van der Waals surface area contributed by atoms with E-state index in [4.69, 9.17) is 0 Å². The van der Waals surface area contributed by atoms with E-state index in [9.17, 15) is 0 Å². The molecule has 1 unspecified atom stereocenters. The van der Waals surface area contributed by atoms with E-state index in [0.717, 1.165) is 19.0 Å². The van der Waals surface area contributed by atoms with Crippen LogP contribution in [0.2, 0.25) is 0 Å². The van der Waals surface area contributed by atoms with Gasteiger partial charge >= 0.3 is 0 Å². The van der Waals surface area contributed by atoms with Crippen molar-refractivity contribution in [2.45, 2.75) is 13.3 Å². The Morgan fingerprint density at radius 3 is 2.58 bits per heavy atom. The van der Waals surface area contributed by atoms with Crippen LogP contribution in [0.25, 0.3) is 0 Å². The number of nitrogens with one attached hydrogen (secondary N) is 1. The van der Waals surface area contributed by atoms with E-state index < -0.39 is 0 Å². The molecule has 0 amide bonds. The van der Waals surface area contributed by atoms with Crippen LogP contribution in [0.4, 0.5) is 5.69 Å². The first-order valence-electron chi connectivity index (χ1n) is 7.56. The van der Waals surface area contributed by atoms with Crippen molar-refractivity contribution in [3.63, 3.8) is 0 Å². The highest BCUT2D eigenvalue weighted by Gasteiger charge is 2.25. The van der Waals surface area contributed by atoms with E-state index >= 15 is 0 Å². The van der Waals surface area contributed by atoms with Crippen LogP contribution in [-0.2, 0) is 0 Å². The third-order valence-electron chi connectivity index (χ3n) is 4.41. The Bertz CT molecular complexity index is 395.